The number of nitrogens with zero attached hydrogens (tertiary/aromatic N) is 2. The number of allylic oxidation sites excluding steroid dienone is 4. The van der Waals surface area contributed by atoms with E-state index in [1.54, 1.807) is 0 Å². The van der Waals surface area contributed by atoms with Gasteiger partial charge in [0.25, 0.3) is 5.69 Å². The standard InChI is InChI=1S/C17H19BrN2O4S/c18-15-6-2-1-5-14(15)13-9-11-19(12-10-13)25(23,24)17-8-4-3-7-16(17)20(21)22/h1,3-8,13-14H,2,9-12H2. The van der Waals surface area contributed by atoms with Crippen molar-refractivity contribution >= 4 is 31.6 Å². The second kappa shape index (κ2) is 7.39. The molecular formula is C17H19BrN2O4S. The van der Waals surface area contributed by atoms with Crippen molar-refractivity contribution in [3.05, 3.63) is 57.1 Å². The molecule has 1 atom stereocenters. The largest absolute Gasteiger partial charge is 0.289 e. The van der Waals surface area contributed by atoms with E-state index in [0.717, 1.165) is 23.7 Å². The molecule has 25 heavy (non-hydrogen) atoms. The van der Waals surface area contributed by atoms with Crippen LogP contribution in [0.25, 0.3) is 0 Å². The van der Waals surface area contributed by atoms with Gasteiger partial charge in [0.1, 0.15) is 0 Å². The summed E-state index contributed by atoms with van der Waals surface area (Å²) in [7, 11) is -3.86. The lowest BCUT2D eigenvalue weighted by Gasteiger charge is -2.35. The third kappa shape index (κ3) is 3.70. The minimum Gasteiger partial charge on any atom is -0.258 e. The van der Waals surface area contributed by atoms with Crippen LogP contribution in [0.2, 0.25) is 0 Å². The molecule has 0 N–H and O–H groups in total. The zero-order valence-corrected chi connectivity index (χ0v) is 15.9. The maximum atomic E-state index is 12.8. The maximum absolute atomic E-state index is 12.8. The molecule has 1 aromatic carbocycles. The number of sulfonamides is 1. The number of nitro groups is 1. The van der Waals surface area contributed by atoms with Crippen LogP contribution in [0, 0.1) is 22.0 Å². The highest BCUT2D eigenvalue weighted by molar-refractivity contribution is 9.11. The van der Waals surface area contributed by atoms with Crippen molar-refractivity contribution in [3.8, 4) is 0 Å². The van der Waals surface area contributed by atoms with Crippen molar-refractivity contribution in [1.82, 2.24) is 4.31 Å². The van der Waals surface area contributed by atoms with E-state index >= 15 is 0 Å². The second-order valence-electron chi connectivity index (χ2n) is 6.24. The molecule has 0 spiro atoms. The molecule has 134 valence electrons. The van der Waals surface area contributed by atoms with Crippen LogP contribution < -0.4 is 0 Å². The van der Waals surface area contributed by atoms with Crippen molar-refractivity contribution < 1.29 is 13.3 Å². The fourth-order valence-electron chi connectivity index (χ4n) is 3.46. The van der Waals surface area contributed by atoms with E-state index < -0.39 is 14.9 Å². The summed E-state index contributed by atoms with van der Waals surface area (Å²) in [5.74, 6) is 0.670. The van der Waals surface area contributed by atoms with Gasteiger partial charge in [0.15, 0.2) is 4.90 Å². The summed E-state index contributed by atoms with van der Waals surface area (Å²) >= 11 is 3.61. The number of piperidine rings is 1. The molecule has 1 aliphatic carbocycles. The Morgan fingerprint density at radius 3 is 2.52 bits per heavy atom. The molecule has 1 aliphatic heterocycles. The second-order valence-corrected chi connectivity index (χ2v) is 9.07. The minimum atomic E-state index is -3.86. The van der Waals surface area contributed by atoms with Crippen LogP contribution in [0.4, 0.5) is 5.69 Å². The molecule has 2 aliphatic rings. The highest BCUT2D eigenvalue weighted by atomic mass is 79.9. The Morgan fingerprint density at radius 1 is 1.20 bits per heavy atom. The molecule has 1 unspecified atom stereocenters. The Balaban J connectivity index is 1.76. The van der Waals surface area contributed by atoms with Gasteiger partial charge in [0.05, 0.1) is 4.92 Å². The van der Waals surface area contributed by atoms with E-state index in [-0.39, 0.29) is 10.6 Å². The van der Waals surface area contributed by atoms with Crippen molar-refractivity contribution in [2.75, 3.05) is 13.1 Å². The van der Waals surface area contributed by atoms with Crippen LogP contribution in [0.1, 0.15) is 19.3 Å². The van der Waals surface area contributed by atoms with E-state index in [9.17, 15) is 18.5 Å². The Morgan fingerprint density at radius 2 is 1.88 bits per heavy atom. The van der Waals surface area contributed by atoms with E-state index in [1.807, 2.05) is 0 Å². The third-order valence-electron chi connectivity index (χ3n) is 4.80. The topological polar surface area (TPSA) is 80.5 Å². The average molecular weight is 427 g/mol. The predicted octanol–water partition coefficient (Wildman–Crippen LogP) is 3.85. The third-order valence-corrected chi connectivity index (χ3v) is 7.60. The fourth-order valence-corrected chi connectivity index (χ4v) is 5.80. The monoisotopic (exact) mass is 426 g/mol. The number of hydrogen-bond donors (Lipinski definition) is 0. The van der Waals surface area contributed by atoms with Gasteiger partial charge in [-0.25, -0.2) is 8.42 Å². The van der Waals surface area contributed by atoms with Crippen LogP contribution in [-0.2, 0) is 10.0 Å². The van der Waals surface area contributed by atoms with Gasteiger partial charge in [-0.2, -0.15) is 4.31 Å². The van der Waals surface area contributed by atoms with Gasteiger partial charge in [-0.05, 0) is 35.7 Å². The molecule has 0 radical (unpaired) electrons. The SMILES string of the molecule is O=[N+]([O-])c1ccccc1S(=O)(=O)N1CCC(C2C=CCC=C2Br)CC1. The van der Waals surface area contributed by atoms with Crippen LogP contribution >= 0.6 is 15.9 Å². The molecule has 0 amide bonds. The Bertz CT molecular complexity index is 827. The Kier molecular flexibility index (Phi) is 5.41. The van der Waals surface area contributed by atoms with Crippen LogP contribution in [-0.4, -0.2) is 30.7 Å². The summed E-state index contributed by atoms with van der Waals surface area (Å²) in [6, 6.07) is 5.53. The maximum Gasteiger partial charge on any atom is 0.289 e. The first-order chi connectivity index (χ1) is 11.9. The van der Waals surface area contributed by atoms with Gasteiger partial charge in [-0.1, -0.05) is 46.3 Å². The van der Waals surface area contributed by atoms with Crippen molar-refractivity contribution in [1.29, 1.82) is 0 Å². The van der Waals surface area contributed by atoms with E-state index in [4.69, 9.17) is 0 Å². The predicted molar refractivity (Wildman–Crippen MR) is 98.8 cm³/mol. The molecule has 0 aromatic heterocycles. The molecule has 1 aromatic rings. The van der Waals surface area contributed by atoms with E-state index in [2.05, 4.69) is 34.2 Å². The minimum absolute atomic E-state index is 0.225. The van der Waals surface area contributed by atoms with Gasteiger partial charge in [-0.15, -0.1) is 0 Å². The van der Waals surface area contributed by atoms with Crippen LogP contribution in [0.3, 0.4) is 0 Å². The molecule has 6 nitrogen and oxygen atoms in total. The molecule has 1 fully saturated rings. The highest BCUT2D eigenvalue weighted by Crippen LogP contribution is 2.37. The Labute approximate surface area is 155 Å². The zero-order chi connectivity index (χ0) is 18.0. The summed E-state index contributed by atoms with van der Waals surface area (Å²) in [6.07, 6.45) is 8.84. The molecule has 3 rings (SSSR count). The summed E-state index contributed by atoms with van der Waals surface area (Å²) in [5.41, 5.74) is -0.370. The number of nitro benzene ring substituents is 1. The summed E-state index contributed by atoms with van der Waals surface area (Å²) in [4.78, 5) is 10.3. The smallest absolute Gasteiger partial charge is 0.258 e. The number of halogens is 1. The quantitative estimate of drug-likeness (QED) is 0.415. The summed E-state index contributed by atoms with van der Waals surface area (Å²) in [6.45, 7) is 0.757. The number of para-hydroxylation sites is 1. The highest BCUT2D eigenvalue weighted by Gasteiger charge is 2.35. The first-order valence-corrected chi connectivity index (χ1v) is 10.4. The molecule has 1 saturated heterocycles. The lowest BCUT2D eigenvalue weighted by Crippen LogP contribution is -2.40. The lowest BCUT2D eigenvalue weighted by molar-refractivity contribution is -0.387. The lowest BCUT2D eigenvalue weighted by atomic mass is 9.83. The number of benzene rings is 1. The fraction of sp³-hybridized carbons (Fsp3) is 0.412. The molecular weight excluding hydrogens is 408 g/mol. The van der Waals surface area contributed by atoms with Gasteiger partial charge in [-0.3, -0.25) is 10.1 Å². The van der Waals surface area contributed by atoms with Gasteiger partial charge in [0.2, 0.25) is 10.0 Å². The van der Waals surface area contributed by atoms with Crippen molar-refractivity contribution in [2.45, 2.75) is 24.2 Å². The zero-order valence-electron chi connectivity index (χ0n) is 13.5. The first-order valence-electron chi connectivity index (χ1n) is 8.17. The van der Waals surface area contributed by atoms with E-state index in [1.165, 1.54) is 28.6 Å². The molecule has 8 heteroatoms. The van der Waals surface area contributed by atoms with E-state index in [0.29, 0.717) is 24.9 Å². The number of hydrogen-bond acceptors (Lipinski definition) is 4. The summed E-state index contributed by atoms with van der Waals surface area (Å²) in [5, 5.41) is 11.1. The first kappa shape index (κ1) is 18.3. The van der Waals surface area contributed by atoms with Gasteiger partial charge in [0, 0.05) is 25.1 Å². The van der Waals surface area contributed by atoms with Crippen molar-refractivity contribution in [3.63, 3.8) is 0 Å². The normalized spacial score (nSPS) is 22.6. The molecule has 1 heterocycles. The molecule has 0 saturated carbocycles. The van der Waals surface area contributed by atoms with Crippen LogP contribution in [0.15, 0.2) is 51.9 Å². The van der Waals surface area contributed by atoms with Gasteiger partial charge >= 0.3 is 0 Å². The Hall–Kier alpha value is -1.51. The van der Waals surface area contributed by atoms with Crippen LogP contribution in [0.5, 0.6) is 0 Å². The van der Waals surface area contributed by atoms with Gasteiger partial charge < -0.3 is 0 Å². The average Bonchev–Trinajstić information content (AvgIpc) is 2.62. The van der Waals surface area contributed by atoms with Crippen molar-refractivity contribution in [2.24, 2.45) is 11.8 Å². The summed E-state index contributed by atoms with van der Waals surface area (Å²) < 4.78 is 28.2. The number of rotatable bonds is 4. The molecule has 0 bridgehead atoms.